The Labute approximate surface area is 204 Å². The lowest BCUT2D eigenvalue weighted by Crippen LogP contribution is -2.31. The fourth-order valence-corrected chi connectivity index (χ4v) is 4.61. The van der Waals surface area contributed by atoms with Crippen LogP contribution in [0.4, 0.5) is 0 Å². The highest BCUT2D eigenvalue weighted by atomic mass is 16.5. The van der Waals surface area contributed by atoms with Gasteiger partial charge in [-0.1, -0.05) is 30.6 Å². The Bertz CT molecular complexity index is 1340. The van der Waals surface area contributed by atoms with Gasteiger partial charge in [0.05, 0.1) is 23.6 Å². The molecule has 1 aliphatic heterocycles. The molecule has 0 aliphatic carbocycles. The summed E-state index contributed by atoms with van der Waals surface area (Å²) in [5.41, 5.74) is 4.99. The average molecular weight is 472 g/mol. The number of rotatable bonds is 6. The summed E-state index contributed by atoms with van der Waals surface area (Å²) in [4.78, 5) is 26.4. The minimum Gasteiger partial charge on any atom is -0.337 e. The number of aryl methyl sites for hydroxylation is 2. The third-order valence-electron chi connectivity index (χ3n) is 6.13. The van der Waals surface area contributed by atoms with Crippen LogP contribution in [0.25, 0.3) is 17.2 Å². The van der Waals surface area contributed by atoms with Crippen molar-refractivity contribution >= 4 is 5.91 Å². The van der Waals surface area contributed by atoms with Crippen molar-refractivity contribution in [3.63, 3.8) is 0 Å². The van der Waals surface area contributed by atoms with Gasteiger partial charge in [-0.25, -0.2) is 4.98 Å². The molecule has 1 saturated heterocycles. The summed E-state index contributed by atoms with van der Waals surface area (Å²) in [5.74, 6) is 1.28. The first kappa shape index (κ1) is 22.9. The summed E-state index contributed by atoms with van der Waals surface area (Å²) in [6.07, 6.45) is 5.69. The fourth-order valence-electron chi connectivity index (χ4n) is 4.61. The maximum Gasteiger partial charge on any atom is 0.256 e. The quantitative estimate of drug-likeness (QED) is 0.408. The number of likely N-dealkylation sites (tertiary alicyclic amines) is 1. The number of carbonyl (C=O) groups is 1. The SMILES string of the molecule is Cc1cc(CC(C)C)nc(-c2noc(C3CCCN3C(=O)c3cc(C)ccc3-n3nccn3)n2)c1. The van der Waals surface area contributed by atoms with E-state index in [1.54, 1.807) is 12.4 Å². The van der Waals surface area contributed by atoms with Crippen LogP contribution in [0.3, 0.4) is 0 Å². The van der Waals surface area contributed by atoms with E-state index in [4.69, 9.17) is 9.51 Å². The molecular formula is C26H29N7O2. The predicted octanol–water partition coefficient (Wildman–Crippen LogP) is 4.50. The zero-order chi connectivity index (χ0) is 24.5. The van der Waals surface area contributed by atoms with E-state index in [1.165, 1.54) is 4.80 Å². The summed E-state index contributed by atoms with van der Waals surface area (Å²) in [5, 5.41) is 12.7. The molecule has 9 nitrogen and oxygen atoms in total. The number of pyridine rings is 1. The number of nitrogens with zero attached hydrogens (tertiary/aromatic N) is 7. The Kier molecular flexibility index (Phi) is 6.15. The second-order valence-electron chi connectivity index (χ2n) is 9.57. The summed E-state index contributed by atoms with van der Waals surface area (Å²) in [7, 11) is 0. The van der Waals surface area contributed by atoms with E-state index in [0.717, 1.165) is 36.1 Å². The van der Waals surface area contributed by atoms with Gasteiger partial charge >= 0.3 is 0 Å². The molecule has 0 bridgehead atoms. The van der Waals surface area contributed by atoms with Crippen molar-refractivity contribution in [2.75, 3.05) is 6.54 Å². The van der Waals surface area contributed by atoms with E-state index >= 15 is 0 Å². The number of aromatic nitrogens is 6. The number of benzene rings is 1. The van der Waals surface area contributed by atoms with Gasteiger partial charge in [0.15, 0.2) is 0 Å². The molecule has 1 unspecified atom stereocenters. The first-order valence-corrected chi connectivity index (χ1v) is 12.0. The molecule has 0 N–H and O–H groups in total. The van der Waals surface area contributed by atoms with Gasteiger partial charge in [-0.2, -0.15) is 20.0 Å². The second-order valence-corrected chi connectivity index (χ2v) is 9.57. The summed E-state index contributed by atoms with van der Waals surface area (Å²) >= 11 is 0. The van der Waals surface area contributed by atoms with Crippen LogP contribution >= 0.6 is 0 Å². The largest absolute Gasteiger partial charge is 0.337 e. The minimum atomic E-state index is -0.289. The van der Waals surface area contributed by atoms with Crippen molar-refractivity contribution in [2.24, 2.45) is 5.92 Å². The molecular weight excluding hydrogens is 442 g/mol. The molecule has 0 radical (unpaired) electrons. The Morgan fingerprint density at radius 1 is 1.09 bits per heavy atom. The second kappa shape index (κ2) is 9.40. The number of hydrogen-bond donors (Lipinski definition) is 0. The van der Waals surface area contributed by atoms with Gasteiger partial charge in [0, 0.05) is 12.2 Å². The Morgan fingerprint density at radius 2 is 1.89 bits per heavy atom. The van der Waals surface area contributed by atoms with Crippen molar-refractivity contribution in [3.8, 4) is 17.2 Å². The van der Waals surface area contributed by atoms with E-state index in [1.807, 2.05) is 43.0 Å². The van der Waals surface area contributed by atoms with Crippen LogP contribution in [0.15, 0.2) is 47.2 Å². The average Bonchev–Trinajstić information content (AvgIpc) is 3.59. The first-order valence-electron chi connectivity index (χ1n) is 12.0. The van der Waals surface area contributed by atoms with Crippen molar-refractivity contribution in [3.05, 3.63) is 71.0 Å². The Balaban J connectivity index is 1.44. The highest BCUT2D eigenvalue weighted by Gasteiger charge is 2.36. The molecule has 35 heavy (non-hydrogen) atoms. The maximum absolute atomic E-state index is 13.7. The molecule has 1 aliphatic rings. The smallest absolute Gasteiger partial charge is 0.256 e. The predicted molar refractivity (Wildman–Crippen MR) is 130 cm³/mol. The summed E-state index contributed by atoms with van der Waals surface area (Å²) in [6.45, 7) is 8.96. The van der Waals surface area contributed by atoms with Crippen molar-refractivity contribution < 1.29 is 9.32 Å². The van der Waals surface area contributed by atoms with Gasteiger partial charge in [-0.15, -0.1) is 0 Å². The van der Waals surface area contributed by atoms with Crippen LogP contribution in [0.2, 0.25) is 0 Å². The molecule has 3 aromatic heterocycles. The fraction of sp³-hybridized carbons (Fsp3) is 0.385. The van der Waals surface area contributed by atoms with Crippen LogP contribution in [0, 0.1) is 19.8 Å². The van der Waals surface area contributed by atoms with E-state index in [-0.39, 0.29) is 11.9 Å². The van der Waals surface area contributed by atoms with E-state index in [9.17, 15) is 4.79 Å². The van der Waals surface area contributed by atoms with Crippen molar-refractivity contribution in [2.45, 2.75) is 53.0 Å². The first-order chi connectivity index (χ1) is 16.9. The van der Waals surface area contributed by atoms with E-state index < -0.39 is 0 Å². The van der Waals surface area contributed by atoms with E-state index in [0.29, 0.717) is 41.1 Å². The summed E-state index contributed by atoms with van der Waals surface area (Å²) in [6, 6.07) is 9.47. The van der Waals surface area contributed by atoms with Gasteiger partial charge in [-0.05, 0) is 68.9 Å². The number of carbonyl (C=O) groups excluding carboxylic acids is 1. The molecule has 1 amide bonds. The van der Waals surface area contributed by atoms with Crippen LogP contribution in [-0.2, 0) is 6.42 Å². The molecule has 0 spiro atoms. The van der Waals surface area contributed by atoms with Crippen LogP contribution in [0.1, 0.15) is 65.8 Å². The Hall–Kier alpha value is -3.88. The van der Waals surface area contributed by atoms with E-state index in [2.05, 4.69) is 40.3 Å². The van der Waals surface area contributed by atoms with Crippen molar-refractivity contribution in [1.82, 2.24) is 35.0 Å². The lowest BCUT2D eigenvalue weighted by Gasteiger charge is -2.23. The van der Waals surface area contributed by atoms with Gasteiger partial charge in [-0.3, -0.25) is 4.79 Å². The van der Waals surface area contributed by atoms with Crippen molar-refractivity contribution in [1.29, 1.82) is 0 Å². The zero-order valence-corrected chi connectivity index (χ0v) is 20.5. The highest BCUT2D eigenvalue weighted by Crippen LogP contribution is 2.34. The standard InChI is InChI=1S/C26H29N7O2/c1-16(2)12-19-13-18(4)15-21(29-19)24-30-25(35-31-24)23-6-5-11-32(23)26(34)20-14-17(3)7-8-22(20)33-27-9-10-28-33/h7-10,13-16,23H,5-6,11-12H2,1-4H3. The molecule has 180 valence electrons. The molecule has 4 heterocycles. The van der Waals surface area contributed by atoms with Gasteiger partial charge in [0.2, 0.25) is 11.7 Å². The third kappa shape index (κ3) is 4.71. The van der Waals surface area contributed by atoms with Gasteiger partial charge in [0.1, 0.15) is 11.7 Å². The van der Waals surface area contributed by atoms with Crippen LogP contribution in [0.5, 0.6) is 0 Å². The number of hydrogen-bond acceptors (Lipinski definition) is 7. The molecule has 1 fully saturated rings. The van der Waals surface area contributed by atoms with Crippen LogP contribution in [-0.4, -0.2) is 47.5 Å². The highest BCUT2D eigenvalue weighted by molar-refractivity contribution is 5.98. The molecule has 4 aromatic rings. The van der Waals surface area contributed by atoms with Crippen LogP contribution < -0.4 is 0 Å². The molecule has 9 heteroatoms. The van der Waals surface area contributed by atoms with Gasteiger partial charge in [0.25, 0.3) is 5.91 Å². The topological polar surface area (TPSA) is 103 Å². The monoisotopic (exact) mass is 471 g/mol. The number of amides is 1. The Morgan fingerprint density at radius 3 is 2.66 bits per heavy atom. The minimum absolute atomic E-state index is 0.101. The molecule has 1 atom stereocenters. The molecule has 0 saturated carbocycles. The molecule has 1 aromatic carbocycles. The zero-order valence-electron chi connectivity index (χ0n) is 20.5. The van der Waals surface area contributed by atoms with Gasteiger partial charge < -0.3 is 9.42 Å². The molecule has 5 rings (SSSR count). The summed E-state index contributed by atoms with van der Waals surface area (Å²) < 4.78 is 5.68. The maximum atomic E-state index is 13.7. The lowest BCUT2D eigenvalue weighted by atomic mass is 10.1. The third-order valence-corrected chi connectivity index (χ3v) is 6.13. The normalized spacial score (nSPS) is 15.8. The lowest BCUT2D eigenvalue weighted by molar-refractivity contribution is 0.0709.